The molecule has 0 spiro atoms. The molecule has 0 aromatic heterocycles. The third kappa shape index (κ3) is 3.54. The zero-order valence-electron chi connectivity index (χ0n) is 8.26. The maximum atomic E-state index is 8.86. The van der Waals surface area contributed by atoms with Crippen molar-refractivity contribution in [2.75, 3.05) is 11.9 Å². The molecule has 0 radical (unpaired) electrons. The Kier molecular flexibility index (Phi) is 4.54. The van der Waals surface area contributed by atoms with Crippen molar-refractivity contribution in [3.8, 4) is 18.4 Å². The van der Waals surface area contributed by atoms with Gasteiger partial charge in [0, 0.05) is 18.0 Å². The van der Waals surface area contributed by atoms with Gasteiger partial charge in [-0.3, -0.25) is 0 Å². The van der Waals surface area contributed by atoms with Crippen molar-refractivity contribution in [3.05, 3.63) is 28.8 Å². The van der Waals surface area contributed by atoms with Crippen LogP contribution < -0.4 is 5.32 Å². The van der Waals surface area contributed by atoms with Crippen LogP contribution in [-0.4, -0.2) is 6.54 Å². The van der Waals surface area contributed by atoms with Crippen LogP contribution in [0.15, 0.2) is 18.2 Å². The molecule has 0 bridgehead atoms. The van der Waals surface area contributed by atoms with Gasteiger partial charge in [0.25, 0.3) is 0 Å². The molecule has 0 aliphatic carbocycles. The monoisotopic (exact) mass is 218 g/mol. The van der Waals surface area contributed by atoms with Crippen LogP contribution in [0.25, 0.3) is 0 Å². The summed E-state index contributed by atoms with van der Waals surface area (Å²) in [6, 6.07) is 7.29. The van der Waals surface area contributed by atoms with Gasteiger partial charge in [-0.2, -0.15) is 5.26 Å². The third-order valence-corrected chi connectivity index (χ3v) is 2.15. The largest absolute Gasteiger partial charge is 0.384 e. The van der Waals surface area contributed by atoms with E-state index in [1.807, 2.05) is 0 Å². The predicted molar refractivity (Wildman–Crippen MR) is 62.7 cm³/mol. The highest BCUT2D eigenvalue weighted by Crippen LogP contribution is 2.19. The minimum Gasteiger partial charge on any atom is -0.384 e. The number of hydrogen-bond acceptors (Lipinski definition) is 2. The molecule has 1 aromatic rings. The molecule has 0 amide bonds. The summed E-state index contributed by atoms with van der Waals surface area (Å²) >= 11 is 5.77. The molecule has 0 saturated heterocycles. The lowest BCUT2D eigenvalue weighted by atomic mass is 10.2. The molecule has 2 nitrogen and oxygen atoms in total. The van der Waals surface area contributed by atoms with E-state index >= 15 is 0 Å². The topological polar surface area (TPSA) is 35.8 Å². The second-order valence-corrected chi connectivity index (χ2v) is 3.47. The summed E-state index contributed by atoms with van der Waals surface area (Å²) in [7, 11) is 0. The third-order valence-electron chi connectivity index (χ3n) is 1.92. The normalized spacial score (nSPS) is 9.00. The molecule has 1 N–H and O–H groups in total. The molecule has 0 fully saturated rings. The van der Waals surface area contributed by atoms with Crippen LogP contribution in [0.5, 0.6) is 0 Å². The van der Waals surface area contributed by atoms with Gasteiger partial charge in [-0.05, 0) is 24.6 Å². The first-order valence-corrected chi connectivity index (χ1v) is 5.02. The number of terminal acetylenes is 1. The molecule has 0 aliphatic rings. The molecule has 0 heterocycles. The van der Waals surface area contributed by atoms with Crippen LogP contribution in [0.3, 0.4) is 0 Å². The highest BCUT2D eigenvalue weighted by Gasteiger charge is 2.01. The maximum absolute atomic E-state index is 8.86. The van der Waals surface area contributed by atoms with E-state index in [9.17, 15) is 0 Å². The van der Waals surface area contributed by atoms with Gasteiger partial charge in [0.15, 0.2) is 0 Å². The Bertz CT molecular complexity index is 413. The van der Waals surface area contributed by atoms with Gasteiger partial charge >= 0.3 is 0 Å². The first kappa shape index (κ1) is 11.4. The van der Waals surface area contributed by atoms with Crippen LogP contribution in [0.4, 0.5) is 5.69 Å². The van der Waals surface area contributed by atoms with E-state index in [0.29, 0.717) is 10.6 Å². The van der Waals surface area contributed by atoms with Crippen molar-refractivity contribution in [1.29, 1.82) is 5.26 Å². The molecular formula is C12H11ClN2. The number of halogens is 1. The van der Waals surface area contributed by atoms with E-state index < -0.39 is 0 Å². The van der Waals surface area contributed by atoms with E-state index in [4.69, 9.17) is 23.3 Å². The van der Waals surface area contributed by atoms with Crippen LogP contribution in [0, 0.1) is 23.7 Å². The summed E-state index contributed by atoms with van der Waals surface area (Å²) < 4.78 is 0. The number of nitrogens with one attached hydrogen (secondary N) is 1. The first-order chi connectivity index (χ1) is 7.27. The van der Waals surface area contributed by atoms with Gasteiger partial charge in [0.1, 0.15) is 6.07 Å². The highest BCUT2D eigenvalue weighted by atomic mass is 35.5. The second-order valence-electron chi connectivity index (χ2n) is 3.04. The average Bonchev–Trinajstić information content (AvgIpc) is 2.26. The number of nitriles is 1. The fraction of sp³-hybridized carbons (Fsp3) is 0.250. The van der Waals surface area contributed by atoms with Crippen LogP contribution in [0.2, 0.25) is 5.02 Å². The Morgan fingerprint density at radius 3 is 2.93 bits per heavy atom. The Morgan fingerprint density at radius 2 is 2.27 bits per heavy atom. The lowest BCUT2D eigenvalue weighted by Crippen LogP contribution is -2.02. The van der Waals surface area contributed by atoms with Gasteiger partial charge in [0.2, 0.25) is 0 Å². The average molecular weight is 219 g/mol. The molecule has 1 aromatic carbocycles. The molecule has 0 unspecified atom stereocenters. The number of unbranched alkanes of at least 4 members (excludes halogenated alkanes) is 1. The molecular weight excluding hydrogens is 208 g/mol. The molecule has 3 heteroatoms. The zero-order chi connectivity index (χ0) is 11.1. The van der Waals surface area contributed by atoms with Crippen molar-refractivity contribution in [3.63, 3.8) is 0 Å². The molecule has 0 atom stereocenters. The molecule has 76 valence electrons. The summed E-state index contributed by atoms with van der Waals surface area (Å²) in [5.74, 6) is 2.57. The molecule has 15 heavy (non-hydrogen) atoms. The summed E-state index contributed by atoms with van der Waals surface area (Å²) in [6.45, 7) is 0.764. The maximum Gasteiger partial charge on any atom is 0.101 e. The van der Waals surface area contributed by atoms with Crippen LogP contribution >= 0.6 is 11.6 Å². The molecule has 0 saturated carbocycles. The van der Waals surface area contributed by atoms with Crippen molar-refractivity contribution < 1.29 is 0 Å². The summed E-state index contributed by atoms with van der Waals surface area (Å²) in [4.78, 5) is 0. The quantitative estimate of drug-likeness (QED) is 0.623. The van der Waals surface area contributed by atoms with E-state index in [1.54, 1.807) is 18.2 Å². The number of rotatable bonds is 4. The number of hydrogen-bond donors (Lipinski definition) is 1. The Morgan fingerprint density at radius 1 is 1.47 bits per heavy atom. The Labute approximate surface area is 94.9 Å². The first-order valence-electron chi connectivity index (χ1n) is 4.65. The summed E-state index contributed by atoms with van der Waals surface area (Å²) in [5.41, 5.74) is 1.36. The standard InChI is InChI=1S/C12H11ClN2/c1-2-3-4-7-15-12-6-5-11(13)8-10(12)9-14/h1,5-6,8,15H,3-4,7H2. The predicted octanol–water partition coefficient (Wildman–Crippen LogP) is 3.04. The highest BCUT2D eigenvalue weighted by molar-refractivity contribution is 6.30. The number of anilines is 1. The van der Waals surface area contributed by atoms with Crippen molar-refractivity contribution in [2.45, 2.75) is 12.8 Å². The van der Waals surface area contributed by atoms with Gasteiger partial charge < -0.3 is 5.32 Å². The van der Waals surface area contributed by atoms with E-state index in [0.717, 1.165) is 25.1 Å². The van der Waals surface area contributed by atoms with Crippen molar-refractivity contribution in [2.24, 2.45) is 0 Å². The molecule has 1 rings (SSSR count). The number of nitrogens with zero attached hydrogens (tertiary/aromatic N) is 1. The smallest absolute Gasteiger partial charge is 0.101 e. The summed E-state index contributed by atoms with van der Waals surface area (Å²) in [6.07, 6.45) is 6.77. The lowest BCUT2D eigenvalue weighted by Gasteiger charge is -2.07. The minimum atomic E-state index is 0.559. The zero-order valence-corrected chi connectivity index (χ0v) is 9.01. The van der Waals surface area contributed by atoms with Crippen molar-refractivity contribution in [1.82, 2.24) is 0 Å². The number of benzene rings is 1. The summed E-state index contributed by atoms with van der Waals surface area (Å²) in [5, 5.41) is 12.6. The minimum absolute atomic E-state index is 0.559. The van der Waals surface area contributed by atoms with Gasteiger partial charge in [-0.1, -0.05) is 11.6 Å². The Hall–Kier alpha value is -1.64. The van der Waals surface area contributed by atoms with Crippen molar-refractivity contribution >= 4 is 17.3 Å². The lowest BCUT2D eigenvalue weighted by molar-refractivity contribution is 0.907. The Balaban J connectivity index is 2.62. The second kappa shape index (κ2) is 5.96. The van der Waals surface area contributed by atoms with Gasteiger partial charge in [-0.15, -0.1) is 12.3 Å². The van der Waals surface area contributed by atoms with E-state index in [-0.39, 0.29) is 0 Å². The van der Waals surface area contributed by atoms with Crippen LogP contribution in [-0.2, 0) is 0 Å². The fourth-order valence-electron chi connectivity index (χ4n) is 1.18. The fourth-order valence-corrected chi connectivity index (χ4v) is 1.35. The van der Waals surface area contributed by atoms with E-state index in [2.05, 4.69) is 17.3 Å². The van der Waals surface area contributed by atoms with Gasteiger partial charge in [-0.25, -0.2) is 0 Å². The molecule has 0 aliphatic heterocycles. The van der Waals surface area contributed by atoms with Gasteiger partial charge in [0.05, 0.1) is 11.3 Å². The van der Waals surface area contributed by atoms with Crippen LogP contribution in [0.1, 0.15) is 18.4 Å². The SMILES string of the molecule is C#CCCCNc1ccc(Cl)cc1C#N. The van der Waals surface area contributed by atoms with E-state index in [1.165, 1.54) is 0 Å².